The average Bonchev–Trinajstić information content (AvgIpc) is 2.43. The third-order valence-electron chi connectivity index (χ3n) is 3.92. The lowest BCUT2D eigenvalue weighted by Crippen LogP contribution is -2.52. The van der Waals surface area contributed by atoms with Gasteiger partial charge in [0.2, 0.25) is 5.91 Å². The molecular weight excluding hydrogens is 252 g/mol. The van der Waals surface area contributed by atoms with Crippen molar-refractivity contribution in [3.05, 3.63) is 35.9 Å². The SMILES string of the molecule is CC1CC(C#N)(C(=O)N[C@H](CO)Cc2ccccc2)C1. The van der Waals surface area contributed by atoms with Gasteiger partial charge in [-0.25, -0.2) is 0 Å². The molecular formula is C16H20N2O2. The van der Waals surface area contributed by atoms with Crippen LogP contribution in [0.25, 0.3) is 0 Å². The Hall–Kier alpha value is -1.86. The van der Waals surface area contributed by atoms with Crippen molar-refractivity contribution in [2.24, 2.45) is 11.3 Å². The minimum Gasteiger partial charge on any atom is -0.394 e. The second-order valence-electron chi connectivity index (χ2n) is 5.75. The maximum atomic E-state index is 12.2. The Kier molecular flexibility index (Phi) is 4.41. The molecule has 4 nitrogen and oxygen atoms in total. The first-order valence-electron chi connectivity index (χ1n) is 6.96. The van der Waals surface area contributed by atoms with Gasteiger partial charge in [-0.3, -0.25) is 4.79 Å². The zero-order valence-corrected chi connectivity index (χ0v) is 11.7. The monoisotopic (exact) mass is 272 g/mol. The van der Waals surface area contributed by atoms with Crippen LogP contribution in [0.3, 0.4) is 0 Å². The number of hydrogen-bond acceptors (Lipinski definition) is 3. The number of rotatable bonds is 5. The van der Waals surface area contributed by atoms with E-state index in [0.717, 1.165) is 5.56 Å². The van der Waals surface area contributed by atoms with Gasteiger partial charge in [-0.05, 0) is 30.7 Å². The minimum absolute atomic E-state index is 0.127. The fraction of sp³-hybridized carbons (Fsp3) is 0.500. The van der Waals surface area contributed by atoms with Gasteiger partial charge in [0.25, 0.3) is 0 Å². The van der Waals surface area contributed by atoms with Gasteiger partial charge in [-0.2, -0.15) is 5.26 Å². The quantitative estimate of drug-likeness (QED) is 0.856. The predicted molar refractivity (Wildman–Crippen MR) is 75.6 cm³/mol. The lowest BCUT2D eigenvalue weighted by molar-refractivity contribution is -0.135. The van der Waals surface area contributed by atoms with Crippen molar-refractivity contribution in [2.75, 3.05) is 6.61 Å². The van der Waals surface area contributed by atoms with Crippen LogP contribution in [0.2, 0.25) is 0 Å². The summed E-state index contributed by atoms with van der Waals surface area (Å²) in [6, 6.07) is 11.5. The van der Waals surface area contributed by atoms with Crippen LogP contribution in [0.5, 0.6) is 0 Å². The highest BCUT2D eigenvalue weighted by Crippen LogP contribution is 2.45. The normalized spacial score (nSPS) is 26.1. The summed E-state index contributed by atoms with van der Waals surface area (Å²) in [5.41, 5.74) is 0.170. The number of nitriles is 1. The van der Waals surface area contributed by atoms with Gasteiger partial charge in [0.1, 0.15) is 5.41 Å². The summed E-state index contributed by atoms with van der Waals surface area (Å²) in [5, 5.41) is 21.5. The molecule has 1 atom stereocenters. The largest absolute Gasteiger partial charge is 0.394 e. The molecule has 20 heavy (non-hydrogen) atoms. The predicted octanol–water partition coefficient (Wildman–Crippen LogP) is 1.65. The molecule has 1 aromatic rings. The van der Waals surface area contributed by atoms with Crippen molar-refractivity contribution < 1.29 is 9.90 Å². The van der Waals surface area contributed by atoms with E-state index >= 15 is 0 Å². The molecule has 1 aliphatic carbocycles. The van der Waals surface area contributed by atoms with Gasteiger partial charge >= 0.3 is 0 Å². The maximum absolute atomic E-state index is 12.2. The zero-order valence-electron chi connectivity index (χ0n) is 11.7. The van der Waals surface area contributed by atoms with Crippen molar-refractivity contribution in [1.29, 1.82) is 5.26 Å². The van der Waals surface area contributed by atoms with Crippen LogP contribution < -0.4 is 5.32 Å². The first-order chi connectivity index (χ1) is 9.59. The van der Waals surface area contributed by atoms with E-state index in [1.54, 1.807) is 0 Å². The Morgan fingerprint density at radius 2 is 2.15 bits per heavy atom. The molecule has 0 saturated heterocycles. The molecule has 0 heterocycles. The first-order valence-corrected chi connectivity index (χ1v) is 6.96. The van der Waals surface area contributed by atoms with Gasteiger partial charge in [0.15, 0.2) is 0 Å². The van der Waals surface area contributed by atoms with E-state index < -0.39 is 5.41 Å². The lowest BCUT2D eigenvalue weighted by Gasteiger charge is -2.40. The second kappa shape index (κ2) is 6.06. The van der Waals surface area contributed by atoms with Crippen molar-refractivity contribution in [2.45, 2.75) is 32.2 Å². The van der Waals surface area contributed by atoms with Gasteiger partial charge in [0, 0.05) is 0 Å². The molecule has 0 aromatic heterocycles. The fourth-order valence-corrected chi connectivity index (χ4v) is 2.84. The van der Waals surface area contributed by atoms with Crippen LogP contribution in [-0.2, 0) is 11.2 Å². The van der Waals surface area contributed by atoms with Crippen LogP contribution >= 0.6 is 0 Å². The van der Waals surface area contributed by atoms with Crippen LogP contribution in [0.4, 0.5) is 0 Å². The summed E-state index contributed by atoms with van der Waals surface area (Å²) in [6.07, 6.45) is 1.79. The summed E-state index contributed by atoms with van der Waals surface area (Å²) >= 11 is 0. The standard InChI is InChI=1S/C16H20N2O2/c1-12-8-16(9-12,11-17)15(20)18-14(10-19)7-13-5-3-2-4-6-13/h2-6,12,14,19H,7-10H2,1H3,(H,18,20)/t12?,14-,16?/m0/s1. The highest BCUT2D eigenvalue weighted by molar-refractivity contribution is 5.86. The van der Waals surface area contributed by atoms with Crippen LogP contribution in [0, 0.1) is 22.7 Å². The van der Waals surface area contributed by atoms with Crippen LogP contribution in [0.15, 0.2) is 30.3 Å². The Bertz CT molecular complexity index is 501. The van der Waals surface area contributed by atoms with E-state index in [1.807, 2.05) is 37.3 Å². The van der Waals surface area contributed by atoms with Gasteiger partial charge in [0.05, 0.1) is 18.7 Å². The molecule has 4 heteroatoms. The van der Waals surface area contributed by atoms with E-state index in [-0.39, 0.29) is 18.6 Å². The number of carbonyl (C=O) groups excluding carboxylic acids is 1. The summed E-state index contributed by atoms with van der Waals surface area (Å²) in [7, 11) is 0. The molecule has 106 valence electrons. The van der Waals surface area contributed by atoms with Crippen molar-refractivity contribution >= 4 is 5.91 Å². The number of amides is 1. The lowest BCUT2D eigenvalue weighted by atomic mass is 9.63. The van der Waals surface area contributed by atoms with E-state index in [1.165, 1.54) is 0 Å². The Morgan fingerprint density at radius 3 is 2.65 bits per heavy atom. The molecule has 1 aromatic carbocycles. The van der Waals surface area contributed by atoms with E-state index in [2.05, 4.69) is 11.4 Å². The molecule has 2 rings (SSSR count). The Labute approximate surface area is 119 Å². The third kappa shape index (κ3) is 3.00. The fourth-order valence-electron chi connectivity index (χ4n) is 2.84. The Morgan fingerprint density at radius 1 is 1.50 bits per heavy atom. The summed E-state index contributed by atoms with van der Waals surface area (Å²) < 4.78 is 0. The molecule has 2 N–H and O–H groups in total. The minimum atomic E-state index is -0.885. The number of benzene rings is 1. The van der Waals surface area contributed by atoms with Crippen molar-refractivity contribution in [3.8, 4) is 6.07 Å². The van der Waals surface area contributed by atoms with Crippen LogP contribution in [0.1, 0.15) is 25.3 Å². The first kappa shape index (κ1) is 14.5. The van der Waals surface area contributed by atoms with Crippen molar-refractivity contribution in [3.63, 3.8) is 0 Å². The highest BCUT2D eigenvalue weighted by atomic mass is 16.3. The summed E-state index contributed by atoms with van der Waals surface area (Å²) in [5.74, 6) is 0.176. The molecule has 0 unspecified atom stereocenters. The molecule has 1 amide bonds. The number of hydrogen-bond donors (Lipinski definition) is 2. The van der Waals surface area contributed by atoms with Gasteiger partial charge in [-0.15, -0.1) is 0 Å². The molecule has 0 aliphatic heterocycles. The number of nitrogens with one attached hydrogen (secondary N) is 1. The average molecular weight is 272 g/mol. The summed E-state index contributed by atoms with van der Waals surface area (Å²) in [6.45, 7) is 1.91. The van der Waals surface area contributed by atoms with E-state index in [0.29, 0.717) is 25.2 Å². The third-order valence-corrected chi connectivity index (χ3v) is 3.92. The molecule has 0 spiro atoms. The summed E-state index contributed by atoms with van der Waals surface area (Å²) in [4.78, 5) is 12.2. The molecule has 1 aliphatic rings. The molecule has 1 saturated carbocycles. The van der Waals surface area contributed by atoms with Gasteiger partial charge < -0.3 is 10.4 Å². The second-order valence-corrected chi connectivity index (χ2v) is 5.75. The number of nitrogens with zero attached hydrogens (tertiary/aromatic N) is 1. The number of aliphatic hydroxyl groups excluding tert-OH is 1. The van der Waals surface area contributed by atoms with E-state index in [9.17, 15) is 15.2 Å². The smallest absolute Gasteiger partial charge is 0.240 e. The molecule has 0 radical (unpaired) electrons. The number of aliphatic hydroxyl groups is 1. The van der Waals surface area contributed by atoms with Crippen molar-refractivity contribution in [1.82, 2.24) is 5.32 Å². The zero-order chi connectivity index (χ0) is 14.6. The van der Waals surface area contributed by atoms with E-state index in [4.69, 9.17) is 0 Å². The molecule has 0 bridgehead atoms. The molecule has 1 fully saturated rings. The number of carbonyl (C=O) groups is 1. The van der Waals surface area contributed by atoms with Crippen LogP contribution in [-0.4, -0.2) is 23.7 Å². The topological polar surface area (TPSA) is 73.1 Å². The van der Waals surface area contributed by atoms with Gasteiger partial charge in [-0.1, -0.05) is 37.3 Å². The Balaban J connectivity index is 1.97. The maximum Gasteiger partial charge on any atom is 0.240 e. The highest BCUT2D eigenvalue weighted by Gasteiger charge is 2.49.